The SMILES string of the molecule is CCN(CC)CCNC(=O)c1c(C)[nH]c(/C=C2\C(=O)Nc3cc(C)c(F)cc32)c1C. The van der Waals surface area contributed by atoms with Gasteiger partial charge in [0, 0.05) is 35.7 Å². The van der Waals surface area contributed by atoms with E-state index in [1.165, 1.54) is 6.07 Å². The first kappa shape index (κ1) is 21.8. The number of aromatic nitrogens is 1. The third kappa shape index (κ3) is 4.16. The molecule has 1 aliphatic rings. The van der Waals surface area contributed by atoms with Crippen LogP contribution in [0.1, 0.15) is 52.3 Å². The molecule has 160 valence electrons. The van der Waals surface area contributed by atoms with E-state index < -0.39 is 0 Å². The minimum atomic E-state index is -0.358. The molecule has 0 aliphatic carbocycles. The van der Waals surface area contributed by atoms with Gasteiger partial charge in [0.15, 0.2) is 0 Å². The fourth-order valence-corrected chi connectivity index (χ4v) is 3.82. The van der Waals surface area contributed by atoms with Crippen molar-refractivity contribution in [1.29, 1.82) is 0 Å². The highest BCUT2D eigenvalue weighted by molar-refractivity contribution is 6.35. The van der Waals surface area contributed by atoms with Gasteiger partial charge in [-0.25, -0.2) is 4.39 Å². The number of anilines is 1. The summed E-state index contributed by atoms with van der Waals surface area (Å²) in [4.78, 5) is 30.6. The molecule has 1 aromatic carbocycles. The molecule has 2 amide bonds. The van der Waals surface area contributed by atoms with Crippen molar-refractivity contribution in [2.75, 3.05) is 31.5 Å². The normalized spacial score (nSPS) is 14.4. The number of aryl methyl sites for hydroxylation is 2. The fourth-order valence-electron chi connectivity index (χ4n) is 3.82. The Balaban J connectivity index is 1.85. The van der Waals surface area contributed by atoms with E-state index in [2.05, 4.69) is 34.4 Å². The minimum Gasteiger partial charge on any atom is -0.358 e. The number of carbonyl (C=O) groups is 2. The number of carbonyl (C=O) groups excluding carboxylic acids is 2. The number of aromatic amines is 1. The van der Waals surface area contributed by atoms with Crippen LogP contribution in [0.3, 0.4) is 0 Å². The first-order valence-corrected chi connectivity index (χ1v) is 10.3. The van der Waals surface area contributed by atoms with Gasteiger partial charge in [0.05, 0.1) is 11.1 Å². The molecule has 1 aliphatic heterocycles. The molecule has 0 spiro atoms. The highest BCUT2D eigenvalue weighted by Crippen LogP contribution is 2.35. The van der Waals surface area contributed by atoms with Gasteiger partial charge in [-0.2, -0.15) is 0 Å². The van der Waals surface area contributed by atoms with E-state index in [0.29, 0.717) is 40.2 Å². The molecule has 0 radical (unpaired) electrons. The summed E-state index contributed by atoms with van der Waals surface area (Å²) in [6.45, 7) is 12.8. The first-order valence-electron chi connectivity index (χ1n) is 10.3. The van der Waals surface area contributed by atoms with Gasteiger partial charge in [-0.15, -0.1) is 0 Å². The standard InChI is InChI=1S/C23H29FN4O2/c1-6-28(7-2)9-8-25-23(30)21-14(4)19(26-15(21)5)12-17-16-11-18(24)13(3)10-20(16)27-22(17)29/h10-12,26H,6-9H2,1-5H3,(H,25,30)(H,27,29)/b17-12-. The number of benzene rings is 1. The highest BCUT2D eigenvalue weighted by Gasteiger charge is 2.26. The number of halogens is 1. The number of rotatable bonds is 7. The summed E-state index contributed by atoms with van der Waals surface area (Å²) in [5.74, 6) is -0.785. The average molecular weight is 413 g/mol. The van der Waals surface area contributed by atoms with Crippen molar-refractivity contribution in [3.05, 3.63) is 51.6 Å². The van der Waals surface area contributed by atoms with E-state index in [0.717, 1.165) is 30.9 Å². The molecule has 2 aromatic rings. The smallest absolute Gasteiger partial charge is 0.256 e. The van der Waals surface area contributed by atoms with Crippen LogP contribution in [-0.4, -0.2) is 47.9 Å². The predicted octanol–water partition coefficient (Wildman–Crippen LogP) is 3.64. The zero-order chi connectivity index (χ0) is 22.0. The quantitative estimate of drug-likeness (QED) is 0.608. The van der Waals surface area contributed by atoms with Crippen LogP contribution >= 0.6 is 0 Å². The van der Waals surface area contributed by atoms with Crippen LogP contribution in [0.25, 0.3) is 11.6 Å². The lowest BCUT2D eigenvalue weighted by Gasteiger charge is -2.18. The van der Waals surface area contributed by atoms with Crippen molar-refractivity contribution in [3.8, 4) is 0 Å². The maximum absolute atomic E-state index is 14.1. The third-order valence-electron chi connectivity index (χ3n) is 5.68. The van der Waals surface area contributed by atoms with E-state index in [1.54, 1.807) is 19.1 Å². The van der Waals surface area contributed by atoms with E-state index >= 15 is 0 Å². The van der Waals surface area contributed by atoms with Gasteiger partial charge in [0.25, 0.3) is 11.8 Å². The monoisotopic (exact) mass is 412 g/mol. The number of amides is 2. The molecule has 7 heteroatoms. The Bertz CT molecular complexity index is 1020. The van der Waals surface area contributed by atoms with Crippen molar-refractivity contribution in [1.82, 2.24) is 15.2 Å². The number of hydrogen-bond donors (Lipinski definition) is 3. The topological polar surface area (TPSA) is 77.2 Å². The molecule has 30 heavy (non-hydrogen) atoms. The molecule has 0 saturated carbocycles. The van der Waals surface area contributed by atoms with Crippen molar-refractivity contribution < 1.29 is 14.0 Å². The lowest BCUT2D eigenvalue weighted by Crippen LogP contribution is -2.35. The van der Waals surface area contributed by atoms with E-state index in [4.69, 9.17) is 0 Å². The largest absolute Gasteiger partial charge is 0.358 e. The van der Waals surface area contributed by atoms with Gasteiger partial charge in [0.2, 0.25) is 0 Å². The zero-order valence-electron chi connectivity index (χ0n) is 18.2. The summed E-state index contributed by atoms with van der Waals surface area (Å²) < 4.78 is 14.1. The molecule has 0 bridgehead atoms. The van der Waals surface area contributed by atoms with Gasteiger partial charge >= 0.3 is 0 Å². The molecular formula is C23H29FN4O2. The second-order valence-electron chi connectivity index (χ2n) is 7.61. The molecular weight excluding hydrogens is 383 g/mol. The molecule has 6 nitrogen and oxygen atoms in total. The second-order valence-corrected chi connectivity index (χ2v) is 7.61. The highest BCUT2D eigenvalue weighted by atomic mass is 19.1. The van der Waals surface area contributed by atoms with Crippen LogP contribution in [0, 0.1) is 26.6 Å². The average Bonchev–Trinajstić information content (AvgIpc) is 3.15. The number of nitrogens with one attached hydrogen (secondary N) is 3. The van der Waals surface area contributed by atoms with Crippen LogP contribution in [0.5, 0.6) is 0 Å². The van der Waals surface area contributed by atoms with Crippen LogP contribution in [0.4, 0.5) is 10.1 Å². The molecule has 1 aromatic heterocycles. The van der Waals surface area contributed by atoms with Crippen molar-refractivity contribution >= 4 is 29.2 Å². The van der Waals surface area contributed by atoms with Crippen LogP contribution < -0.4 is 10.6 Å². The Hall–Kier alpha value is -2.93. The lowest BCUT2D eigenvalue weighted by atomic mass is 10.0. The Kier molecular flexibility index (Phi) is 6.41. The minimum absolute atomic E-state index is 0.143. The Morgan fingerprint density at radius 3 is 2.57 bits per heavy atom. The van der Waals surface area contributed by atoms with Crippen molar-refractivity contribution in [2.24, 2.45) is 0 Å². The third-order valence-corrected chi connectivity index (χ3v) is 5.68. The Morgan fingerprint density at radius 2 is 1.90 bits per heavy atom. The zero-order valence-corrected chi connectivity index (χ0v) is 18.2. The summed E-state index contributed by atoms with van der Waals surface area (Å²) in [5.41, 5.74) is 4.71. The summed E-state index contributed by atoms with van der Waals surface area (Å²) in [5, 5.41) is 5.75. The fraction of sp³-hybridized carbons (Fsp3) is 0.391. The van der Waals surface area contributed by atoms with Crippen LogP contribution in [0.2, 0.25) is 0 Å². The molecule has 0 atom stereocenters. The number of likely N-dealkylation sites (N-methyl/N-ethyl adjacent to an activating group) is 1. The van der Waals surface area contributed by atoms with E-state index in [9.17, 15) is 14.0 Å². The van der Waals surface area contributed by atoms with Crippen molar-refractivity contribution in [2.45, 2.75) is 34.6 Å². The van der Waals surface area contributed by atoms with Crippen molar-refractivity contribution in [3.63, 3.8) is 0 Å². The predicted molar refractivity (Wildman–Crippen MR) is 118 cm³/mol. The molecule has 2 heterocycles. The second kappa shape index (κ2) is 8.83. The first-order chi connectivity index (χ1) is 14.3. The summed E-state index contributed by atoms with van der Waals surface area (Å²) in [6.07, 6.45) is 1.69. The number of H-pyrrole nitrogens is 1. The van der Waals surface area contributed by atoms with Crippen LogP contribution in [-0.2, 0) is 4.79 Å². The van der Waals surface area contributed by atoms with Gasteiger partial charge in [-0.05, 0) is 63.2 Å². The van der Waals surface area contributed by atoms with E-state index in [1.807, 2.05) is 13.8 Å². The lowest BCUT2D eigenvalue weighted by molar-refractivity contribution is -0.110. The molecule has 3 rings (SSSR count). The Morgan fingerprint density at radius 1 is 1.20 bits per heavy atom. The van der Waals surface area contributed by atoms with Gasteiger partial charge in [-0.3, -0.25) is 9.59 Å². The number of hydrogen-bond acceptors (Lipinski definition) is 3. The molecule has 3 N–H and O–H groups in total. The maximum atomic E-state index is 14.1. The summed E-state index contributed by atoms with van der Waals surface area (Å²) in [7, 11) is 0. The van der Waals surface area contributed by atoms with E-state index in [-0.39, 0.29) is 17.6 Å². The summed E-state index contributed by atoms with van der Waals surface area (Å²) >= 11 is 0. The molecule has 0 unspecified atom stereocenters. The molecule has 0 saturated heterocycles. The molecule has 0 fully saturated rings. The number of fused-ring (bicyclic) bond motifs is 1. The van der Waals surface area contributed by atoms with Crippen LogP contribution in [0.15, 0.2) is 12.1 Å². The van der Waals surface area contributed by atoms with Gasteiger partial charge in [0.1, 0.15) is 5.82 Å². The summed E-state index contributed by atoms with van der Waals surface area (Å²) in [6, 6.07) is 3.01. The number of nitrogens with zero attached hydrogens (tertiary/aromatic N) is 1. The van der Waals surface area contributed by atoms with Gasteiger partial charge < -0.3 is 20.5 Å². The van der Waals surface area contributed by atoms with Gasteiger partial charge in [-0.1, -0.05) is 13.8 Å². The maximum Gasteiger partial charge on any atom is 0.256 e. The Labute approximate surface area is 176 Å².